The summed E-state index contributed by atoms with van der Waals surface area (Å²) >= 11 is 1.34. The molecule has 4 N–H and O–H groups in total. The Morgan fingerprint density at radius 2 is 1.33 bits per heavy atom. The predicted octanol–water partition coefficient (Wildman–Crippen LogP) is 7.11. The van der Waals surface area contributed by atoms with E-state index in [-0.39, 0.29) is 17.3 Å². The van der Waals surface area contributed by atoms with Crippen molar-refractivity contribution >= 4 is 29.1 Å². The van der Waals surface area contributed by atoms with Crippen molar-refractivity contribution in [2.75, 3.05) is 0 Å². The van der Waals surface area contributed by atoms with Crippen LogP contribution in [0, 0.1) is 0 Å². The summed E-state index contributed by atoms with van der Waals surface area (Å²) in [5.74, 6) is -2.07. The molecule has 0 radical (unpaired) electrons. The number of aromatic nitrogens is 2. The molecule has 10 heteroatoms. The number of amides is 2. The van der Waals surface area contributed by atoms with E-state index >= 15 is 0 Å². The van der Waals surface area contributed by atoms with Gasteiger partial charge in [-0.1, -0.05) is 120 Å². The van der Waals surface area contributed by atoms with E-state index in [0.717, 1.165) is 21.6 Å². The van der Waals surface area contributed by atoms with Crippen LogP contribution < -0.4 is 10.6 Å². The lowest BCUT2D eigenvalue weighted by Crippen LogP contribution is -2.54. The molecule has 3 atom stereocenters. The maximum atomic E-state index is 13.7. The van der Waals surface area contributed by atoms with Gasteiger partial charge in [-0.15, -0.1) is 11.3 Å². The number of rotatable bonds is 11. The molecule has 9 nitrogen and oxygen atoms in total. The van der Waals surface area contributed by atoms with Gasteiger partial charge in [0.1, 0.15) is 12.1 Å². The van der Waals surface area contributed by atoms with Crippen LogP contribution in [-0.2, 0) is 26.8 Å². The molecule has 3 aromatic carbocycles. The van der Waals surface area contributed by atoms with Crippen molar-refractivity contribution in [2.24, 2.45) is 0 Å². The van der Waals surface area contributed by atoms with Crippen LogP contribution in [0.15, 0.2) is 103 Å². The molecule has 0 fully saturated rings. The van der Waals surface area contributed by atoms with E-state index in [1.54, 1.807) is 48.8 Å². The van der Waals surface area contributed by atoms with E-state index in [0.29, 0.717) is 21.8 Å². The van der Waals surface area contributed by atoms with Gasteiger partial charge in [-0.2, -0.15) is 0 Å². The maximum Gasteiger partial charge on any atom is 0.329 e. The smallest absolute Gasteiger partial charge is 0.329 e. The summed E-state index contributed by atoms with van der Waals surface area (Å²) < 4.78 is 0. The average molecular weight is 705 g/mol. The summed E-state index contributed by atoms with van der Waals surface area (Å²) in [6.07, 6.45) is 2.13. The van der Waals surface area contributed by atoms with Crippen molar-refractivity contribution in [3.8, 4) is 22.5 Å². The van der Waals surface area contributed by atoms with Crippen LogP contribution in [0.2, 0.25) is 0 Å². The lowest BCUT2D eigenvalue weighted by atomic mass is 9.86. The lowest BCUT2D eigenvalue weighted by Gasteiger charge is -2.24. The van der Waals surface area contributed by atoms with Gasteiger partial charge in [0.05, 0.1) is 4.88 Å². The number of nitrogens with zero attached hydrogens (tertiary/aromatic N) is 2. The number of benzene rings is 3. The number of nitrogens with one attached hydrogen (secondary N) is 2. The largest absolute Gasteiger partial charge is 0.480 e. The fraction of sp³-hybridized carbons (Fsp3) is 0.293. The number of carbonyl (C=O) groups is 3. The Balaban J connectivity index is 1.35. The first-order chi connectivity index (χ1) is 24.1. The highest BCUT2D eigenvalue weighted by Crippen LogP contribution is 2.30. The molecular formula is C41H44N4O5S. The number of aliphatic hydroxyl groups is 1. The zero-order chi connectivity index (χ0) is 36.9. The number of carbonyl (C=O) groups excluding carboxylic acids is 2. The van der Waals surface area contributed by atoms with Crippen LogP contribution in [0.3, 0.4) is 0 Å². The van der Waals surface area contributed by atoms with E-state index in [1.165, 1.54) is 16.9 Å². The first-order valence-corrected chi connectivity index (χ1v) is 17.6. The Kier molecular flexibility index (Phi) is 11.2. The minimum atomic E-state index is -1.65. The number of aliphatic carboxylic acids is 1. The number of thiophene rings is 1. The van der Waals surface area contributed by atoms with Crippen LogP contribution in [0.25, 0.3) is 22.5 Å². The van der Waals surface area contributed by atoms with Gasteiger partial charge >= 0.3 is 5.97 Å². The summed E-state index contributed by atoms with van der Waals surface area (Å²) in [6, 6.07) is 24.8. The molecule has 2 aromatic heterocycles. The van der Waals surface area contributed by atoms with Gasteiger partial charge in [0.15, 0.2) is 11.9 Å². The second-order valence-corrected chi connectivity index (χ2v) is 15.7. The second-order valence-electron chi connectivity index (χ2n) is 14.6. The van der Waals surface area contributed by atoms with E-state index in [9.17, 15) is 24.6 Å². The van der Waals surface area contributed by atoms with Crippen molar-refractivity contribution in [1.82, 2.24) is 20.6 Å². The maximum absolute atomic E-state index is 13.7. The highest BCUT2D eigenvalue weighted by Gasteiger charge is 2.33. The van der Waals surface area contributed by atoms with Gasteiger partial charge in [0, 0.05) is 34.8 Å². The first-order valence-electron chi connectivity index (χ1n) is 16.8. The third-order valence-corrected chi connectivity index (χ3v) is 10.1. The fourth-order valence-corrected chi connectivity index (χ4v) is 6.46. The fourth-order valence-electron chi connectivity index (χ4n) is 5.49. The van der Waals surface area contributed by atoms with Crippen LogP contribution in [0.4, 0.5) is 0 Å². The Labute approximate surface area is 302 Å². The predicted molar refractivity (Wildman–Crippen MR) is 201 cm³/mol. The minimum absolute atomic E-state index is 0.0619. The Bertz CT molecular complexity index is 1960. The molecule has 2 unspecified atom stereocenters. The summed E-state index contributed by atoms with van der Waals surface area (Å²) in [4.78, 5) is 50.0. The van der Waals surface area contributed by atoms with Gasteiger partial charge in [-0.25, -0.2) is 14.8 Å². The van der Waals surface area contributed by atoms with Crippen molar-refractivity contribution in [2.45, 2.75) is 77.0 Å². The zero-order valence-electron chi connectivity index (χ0n) is 29.7. The molecule has 0 bridgehead atoms. The minimum Gasteiger partial charge on any atom is -0.480 e. The highest BCUT2D eigenvalue weighted by atomic mass is 32.1. The molecule has 0 aliphatic rings. The summed E-state index contributed by atoms with van der Waals surface area (Å²) in [5.41, 5.74) is 4.89. The van der Waals surface area contributed by atoms with Gasteiger partial charge < -0.3 is 20.8 Å². The average Bonchev–Trinajstić information content (AvgIpc) is 3.62. The van der Waals surface area contributed by atoms with Crippen molar-refractivity contribution in [3.63, 3.8) is 0 Å². The second kappa shape index (κ2) is 15.4. The van der Waals surface area contributed by atoms with E-state index in [1.807, 2.05) is 30.3 Å². The highest BCUT2D eigenvalue weighted by molar-refractivity contribution is 7.14. The van der Waals surface area contributed by atoms with Crippen molar-refractivity contribution in [3.05, 3.63) is 130 Å². The topological polar surface area (TPSA) is 142 Å². The molecule has 0 aliphatic carbocycles. The van der Waals surface area contributed by atoms with Crippen molar-refractivity contribution in [1.29, 1.82) is 0 Å². The molecule has 0 aliphatic heterocycles. The standard InChI is InChI=1S/C41H44N4O5S/c1-40(2,3)30-18-16-26(17-19-30)29-23-42-36(43-24-29)28-14-12-25(13-15-28)22-31(44-38(48)32-20-21-33(51-32)41(4,5)6)37(47)45-34(39(49)50)35(46)27-10-8-7-9-11-27/h7-21,23-24,31,34-35,46H,22H2,1-6H3,(H,44,48)(H,45,47)(H,49,50)/t31-,34?,35?/m0/s1. The number of aliphatic hydroxyl groups excluding tert-OH is 1. The molecule has 264 valence electrons. The van der Waals surface area contributed by atoms with E-state index in [4.69, 9.17) is 0 Å². The SMILES string of the molecule is CC(C)(C)c1ccc(-c2cnc(-c3ccc(C[C@H](NC(=O)c4ccc(C(C)(C)C)s4)C(=O)NC(C(=O)O)C(O)c4ccccc4)cc3)nc2)cc1. The number of hydrogen-bond donors (Lipinski definition) is 4. The van der Waals surface area contributed by atoms with Gasteiger partial charge in [-0.3, -0.25) is 9.59 Å². The first kappa shape index (κ1) is 37.1. The molecule has 0 spiro atoms. The van der Waals surface area contributed by atoms with Gasteiger partial charge in [0.2, 0.25) is 5.91 Å². The molecule has 0 saturated carbocycles. The quantitative estimate of drug-likeness (QED) is 0.115. The van der Waals surface area contributed by atoms with Crippen LogP contribution in [0.5, 0.6) is 0 Å². The number of hydrogen-bond acceptors (Lipinski definition) is 7. The number of carboxylic acids is 1. The third-order valence-electron chi connectivity index (χ3n) is 8.60. The van der Waals surface area contributed by atoms with Crippen LogP contribution in [-0.4, -0.2) is 50.0 Å². The van der Waals surface area contributed by atoms with E-state index < -0.39 is 36.0 Å². The molecule has 51 heavy (non-hydrogen) atoms. The summed E-state index contributed by atoms with van der Waals surface area (Å²) in [5, 5.41) is 26.1. The summed E-state index contributed by atoms with van der Waals surface area (Å²) in [6.45, 7) is 12.7. The van der Waals surface area contributed by atoms with E-state index in [2.05, 4.69) is 86.4 Å². The van der Waals surface area contributed by atoms with Gasteiger partial charge in [0.25, 0.3) is 5.91 Å². The monoisotopic (exact) mass is 704 g/mol. The third kappa shape index (κ3) is 9.33. The Morgan fingerprint density at radius 3 is 1.88 bits per heavy atom. The number of carboxylic acid groups (broad SMARTS) is 1. The molecule has 5 aromatic rings. The zero-order valence-corrected chi connectivity index (χ0v) is 30.5. The molecule has 0 saturated heterocycles. The summed E-state index contributed by atoms with van der Waals surface area (Å²) in [7, 11) is 0. The van der Waals surface area contributed by atoms with Crippen molar-refractivity contribution < 1.29 is 24.6 Å². The molecule has 5 rings (SSSR count). The molecule has 2 amide bonds. The Hall–Kier alpha value is -5.19. The molecule has 2 heterocycles. The van der Waals surface area contributed by atoms with Crippen LogP contribution in [0.1, 0.15) is 78.9 Å². The Morgan fingerprint density at radius 1 is 0.725 bits per heavy atom. The van der Waals surface area contributed by atoms with Gasteiger partial charge in [-0.05, 0) is 45.2 Å². The van der Waals surface area contributed by atoms with Crippen LogP contribution >= 0.6 is 11.3 Å². The lowest BCUT2D eigenvalue weighted by molar-refractivity contribution is -0.145. The normalized spacial score (nSPS) is 13.5. The molecular weight excluding hydrogens is 661 g/mol.